The highest BCUT2D eigenvalue weighted by Crippen LogP contribution is 2.35. The first-order chi connectivity index (χ1) is 14.7. The minimum absolute atomic E-state index is 0.118. The van der Waals surface area contributed by atoms with Crippen molar-refractivity contribution in [1.29, 1.82) is 0 Å². The van der Waals surface area contributed by atoms with Gasteiger partial charge in [0, 0.05) is 43.4 Å². The number of aromatic nitrogens is 3. The Morgan fingerprint density at radius 3 is 3.00 bits per heavy atom. The average Bonchev–Trinajstić information content (AvgIpc) is 3.48. The summed E-state index contributed by atoms with van der Waals surface area (Å²) in [6, 6.07) is 8.65. The third-order valence-corrected chi connectivity index (χ3v) is 6.44. The van der Waals surface area contributed by atoms with Crippen LogP contribution in [0.25, 0.3) is 22.0 Å². The molecule has 0 radical (unpaired) electrons. The molecule has 2 N–H and O–H groups in total. The Kier molecular flexibility index (Phi) is 6.81. The molecule has 1 aliphatic heterocycles. The van der Waals surface area contributed by atoms with Gasteiger partial charge in [-0.3, -0.25) is 9.78 Å². The molecule has 1 aliphatic rings. The van der Waals surface area contributed by atoms with Crippen LogP contribution >= 0.6 is 11.9 Å². The highest BCUT2D eigenvalue weighted by Gasteiger charge is 2.24. The van der Waals surface area contributed by atoms with Crippen LogP contribution in [0.2, 0.25) is 0 Å². The Morgan fingerprint density at radius 1 is 1.23 bits per heavy atom. The smallest absolute Gasteiger partial charge is 0.219 e. The quantitative estimate of drug-likeness (QED) is 0.382. The molecule has 1 aromatic carbocycles. The summed E-state index contributed by atoms with van der Waals surface area (Å²) in [5.41, 5.74) is 2.14. The molecule has 30 heavy (non-hydrogen) atoms. The van der Waals surface area contributed by atoms with Gasteiger partial charge in [0.25, 0.3) is 0 Å². The standard InChI is InChI=1S/C23H27N5OS/c1-24-22(29)7-4-2-3-6-21(28-12-5-13-30-28)23-26-16-20(27-23)18-9-8-17-10-11-25-15-19(17)14-18/h5,8-11,13-16,21H,2-4,6-7,12H2,1H3,(H,24,29)(H,26,27)/t21-/m0/s1. The zero-order valence-electron chi connectivity index (χ0n) is 17.2. The van der Waals surface area contributed by atoms with E-state index in [-0.39, 0.29) is 11.9 Å². The van der Waals surface area contributed by atoms with Crippen LogP contribution in [0.5, 0.6) is 0 Å². The van der Waals surface area contributed by atoms with E-state index in [0.717, 1.165) is 54.7 Å². The number of nitrogens with zero attached hydrogens (tertiary/aromatic N) is 3. The lowest BCUT2D eigenvalue weighted by molar-refractivity contribution is -0.120. The van der Waals surface area contributed by atoms with E-state index in [1.165, 1.54) is 5.39 Å². The maximum atomic E-state index is 11.4. The second-order valence-electron chi connectivity index (χ2n) is 7.48. The summed E-state index contributed by atoms with van der Waals surface area (Å²) in [6.45, 7) is 0.922. The summed E-state index contributed by atoms with van der Waals surface area (Å²) in [4.78, 5) is 23.9. The third-order valence-electron chi connectivity index (χ3n) is 5.45. The highest BCUT2D eigenvalue weighted by atomic mass is 32.2. The van der Waals surface area contributed by atoms with E-state index in [1.54, 1.807) is 19.0 Å². The van der Waals surface area contributed by atoms with Crippen LogP contribution in [-0.4, -0.2) is 38.8 Å². The number of H-pyrrole nitrogens is 1. The number of carbonyl (C=O) groups is 1. The molecule has 0 saturated heterocycles. The summed E-state index contributed by atoms with van der Waals surface area (Å²) in [7, 11) is 1.69. The molecule has 3 aromatic rings. The highest BCUT2D eigenvalue weighted by molar-refractivity contribution is 8.00. The van der Waals surface area contributed by atoms with E-state index in [9.17, 15) is 4.79 Å². The number of hydrogen-bond acceptors (Lipinski definition) is 5. The summed E-state index contributed by atoms with van der Waals surface area (Å²) >= 11 is 1.74. The van der Waals surface area contributed by atoms with E-state index in [2.05, 4.69) is 49.3 Å². The van der Waals surface area contributed by atoms with Gasteiger partial charge in [-0.2, -0.15) is 0 Å². The first-order valence-electron chi connectivity index (χ1n) is 10.4. The van der Waals surface area contributed by atoms with Crippen LogP contribution in [0.15, 0.2) is 54.3 Å². The minimum Gasteiger partial charge on any atom is -0.359 e. The fraction of sp³-hybridized carbons (Fsp3) is 0.348. The maximum absolute atomic E-state index is 11.4. The van der Waals surface area contributed by atoms with Crippen LogP contribution in [0.1, 0.15) is 44.0 Å². The van der Waals surface area contributed by atoms with Crippen molar-refractivity contribution < 1.29 is 4.79 Å². The molecule has 4 rings (SSSR count). The normalized spacial score (nSPS) is 15.0. The first-order valence-corrected chi connectivity index (χ1v) is 11.3. The summed E-state index contributed by atoms with van der Waals surface area (Å²) in [5, 5.41) is 7.13. The third kappa shape index (κ3) is 4.91. The topological polar surface area (TPSA) is 73.9 Å². The Bertz CT molecular complexity index is 1020. The number of benzene rings is 1. The minimum atomic E-state index is 0.118. The van der Waals surface area contributed by atoms with Crippen molar-refractivity contribution in [2.24, 2.45) is 0 Å². The lowest BCUT2D eigenvalue weighted by atomic mass is 10.1. The Hall–Kier alpha value is -2.64. The van der Waals surface area contributed by atoms with Gasteiger partial charge in [0.05, 0.1) is 17.9 Å². The Morgan fingerprint density at radius 2 is 2.17 bits per heavy atom. The van der Waals surface area contributed by atoms with Crippen molar-refractivity contribution in [2.75, 3.05) is 13.6 Å². The number of rotatable bonds is 9. The van der Waals surface area contributed by atoms with Gasteiger partial charge in [0.1, 0.15) is 5.82 Å². The number of imidazole rings is 1. The largest absolute Gasteiger partial charge is 0.359 e. The number of pyridine rings is 1. The van der Waals surface area contributed by atoms with Gasteiger partial charge in [-0.25, -0.2) is 9.29 Å². The van der Waals surface area contributed by atoms with E-state index in [0.29, 0.717) is 6.42 Å². The maximum Gasteiger partial charge on any atom is 0.219 e. The van der Waals surface area contributed by atoms with Crippen LogP contribution in [0.4, 0.5) is 0 Å². The van der Waals surface area contributed by atoms with E-state index in [4.69, 9.17) is 4.98 Å². The predicted molar refractivity (Wildman–Crippen MR) is 123 cm³/mol. The summed E-state index contributed by atoms with van der Waals surface area (Å²) < 4.78 is 2.37. The second kappa shape index (κ2) is 9.91. The van der Waals surface area contributed by atoms with E-state index >= 15 is 0 Å². The predicted octanol–water partition coefficient (Wildman–Crippen LogP) is 4.84. The van der Waals surface area contributed by atoms with E-state index < -0.39 is 0 Å². The van der Waals surface area contributed by atoms with Crippen molar-refractivity contribution in [1.82, 2.24) is 24.6 Å². The van der Waals surface area contributed by atoms with Crippen LogP contribution in [-0.2, 0) is 4.79 Å². The fourth-order valence-electron chi connectivity index (χ4n) is 3.76. The number of aromatic amines is 1. The lowest BCUT2D eigenvalue weighted by Crippen LogP contribution is -2.21. The number of fused-ring (bicyclic) bond motifs is 1. The molecule has 0 spiro atoms. The molecule has 7 heteroatoms. The van der Waals surface area contributed by atoms with E-state index in [1.807, 2.05) is 24.7 Å². The lowest BCUT2D eigenvalue weighted by Gasteiger charge is -2.24. The molecule has 0 aliphatic carbocycles. The Labute approximate surface area is 181 Å². The molecular formula is C23H27N5OS. The van der Waals surface area contributed by atoms with Crippen molar-refractivity contribution in [3.05, 3.63) is 60.2 Å². The molecule has 0 fully saturated rings. The second-order valence-corrected chi connectivity index (χ2v) is 8.44. The van der Waals surface area contributed by atoms with Crippen molar-refractivity contribution >= 4 is 28.6 Å². The average molecular weight is 422 g/mol. The molecule has 6 nitrogen and oxygen atoms in total. The number of unbranched alkanes of at least 4 members (excludes halogenated alkanes) is 2. The SMILES string of the molecule is CNC(=O)CCCCC[C@@H](c1ncc(-c2ccc3ccncc3c2)[nH]1)N1CC=CS1. The molecule has 2 aromatic heterocycles. The summed E-state index contributed by atoms with van der Waals surface area (Å²) in [6.07, 6.45) is 12.5. The van der Waals surface area contributed by atoms with Gasteiger partial charge in [0.15, 0.2) is 0 Å². The van der Waals surface area contributed by atoms with Crippen LogP contribution in [0, 0.1) is 0 Å². The summed E-state index contributed by atoms with van der Waals surface area (Å²) in [5.74, 6) is 1.12. The van der Waals surface area contributed by atoms with Crippen molar-refractivity contribution in [2.45, 2.75) is 38.1 Å². The molecular weight excluding hydrogens is 394 g/mol. The number of hydrogen-bond donors (Lipinski definition) is 2. The Balaban J connectivity index is 1.45. The van der Waals surface area contributed by atoms with Gasteiger partial charge in [0.2, 0.25) is 5.91 Å². The van der Waals surface area contributed by atoms with Gasteiger partial charge in [-0.05, 0) is 47.7 Å². The van der Waals surface area contributed by atoms with Crippen LogP contribution in [0.3, 0.4) is 0 Å². The number of carbonyl (C=O) groups excluding carboxylic acids is 1. The molecule has 1 amide bonds. The van der Waals surface area contributed by atoms with Crippen molar-refractivity contribution in [3.8, 4) is 11.3 Å². The molecule has 156 valence electrons. The molecule has 1 atom stereocenters. The van der Waals surface area contributed by atoms with Gasteiger partial charge < -0.3 is 10.3 Å². The molecule has 0 saturated carbocycles. The number of amides is 1. The van der Waals surface area contributed by atoms with Gasteiger partial charge >= 0.3 is 0 Å². The van der Waals surface area contributed by atoms with Crippen LogP contribution < -0.4 is 5.32 Å². The molecule has 0 unspecified atom stereocenters. The van der Waals surface area contributed by atoms with Crippen molar-refractivity contribution in [3.63, 3.8) is 0 Å². The zero-order chi connectivity index (χ0) is 20.8. The first kappa shape index (κ1) is 20.6. The van der Waals surface area contributed by atoms with Gasteiger partial charge in [-0.1, -0.05) is 31.1 Å². The monoisotopic (exact) mass is 421 g/mol. The molecule has 3 heterocycles. The fourth-order valence-corrected chi connectivity index (χ4v) is 4.61. The number of nitrogens with one attached hydrogen (secondary N) is 2. The van der Waals surface area contributed by atoms with Gasteiger partial charge in [-0.15, -0.1) is 0 Å². The zero-order valence-corrected chi connectivity index (χ0v) is 18.0. The molecule has 0 bridgehead atoms.